The number of hydrogen-bond acceptors (Lipinski definition) is 2. The van der Waals surface area contributed by atoms with Gasteiger partial charge in [-0.15, -0.1) is 0 Å². The number of fused-ring (bicyclic) bond motifs is 2. The fraction of sp³-hybridized carbons (Fsp3) is 0.556. The summed E-state index contributed by atoms with van der Waals surface area (Å²) in [5, 5.41) is 25.3. The van der Waals surface area contributed by atoms with Crippen molar-refractivity contribution in [1.29, 1.82) is 0 Å². The number of phenolic OH excluding ortho intramolecular Hbond substituents is 2. The van der Waals surface area contributed by atoms with Crippen LogP contribution in [0.2, 0.25) is 0 Å². The molecule has 0 saturated carbocycles. The van der Waals surface area contributed by atoms with Gasteiger partial charge in [-0.1, -0.05) is 103 Å². The molecule has 0 saturated heterocycles. The second-order valence-electron chi connectivity index (χ2n) is 12.7. The van der Waals surface area contributed by atoms with Gasteiger partial charge in [-0.25, -0.2) is 0 Å². The fourth-order valence-corrected chi connectivity index (χ4v) is 5.64. The van der Waals surface area contributed by atoms with Gasteiger partial charge in [0.2, 0.25) is 0 Å². The minimum Gasteiger partial charge on any atom is -0.507 e. The van der Waals surface area contributed by atoms with Crippen LogP contribution in [0, 0.1) is 17.8 Å². The van der Waals surface area contributed by atoms with E-state index in [1.807, 2.05) is 12.1 Å². The molecule has 0 aliphatic rings. The molecule has 0 aliphatic carbocycles. The predicted molar refractivity (Wildman–Crippen MR) is 166 cm³/mol. The Kier molecular flexibility index (Phi) is 11.6. The molecule has 0 aromatic heterocycles. The Morgan fingerprint density at radius 2 is 1.18 bits per heavy atom. The molecular formula is C36H52O2. The minimum atomic E-state index is 0.278. The number of rotatable bonds is 15. The van der Waals surface area contributed by atoms with Gasteiger partial charge in [-0.2, -0.15) is 0 Å². The van der Waals surface area contributed by atoms with Crippen LogP contribution < -0.4 is 0 Å². The summed E-state index contributed by atoms with van der Waals surface area (Å²) < 4.78 is 0. The zero-order valence-electron chi connectivity index (χ0n) is 24.9. The maximum absolute atomic E-state index is 11.2. The highest BCUT2D eigenvalue weighted by atomic mass is 16.3. The summed E-state index contributed by atoms with van der Waals surface area (Å²) in [7, 11) is 0. The van der Waals surface area contributed by atoms with E-state index >= 15 is 0 Å². The highest BCUT2D eigenvalue weighted by Gasteiger charge is 2.14. The summed E-state index contributed by atoms with van der Waals surface area (Å²) in [6, 6.07) is 12.3. The molecule has 0 radical (unpaired) electrons. The molecule has 0 bridgehead atoms. The van der Waals surface area contributed by atoms with Crippen LogP contribution in [0.25, 0.3) is 21.5 Å². The Morgan fingerprint density at radius 3 is 1.76 bits per heavy atom. The first-order valence-electron chi connectivity index (χ1n) is 15.2. The Labute approximate surface area is 232 Å². The fourth-order valence-electron chi connectivity index (χ4n) is 5.64. The Hall–Kier alpha value is -2.48. The van der Waals surface area contributed by atoms with Crippen molar-refractivity contribution in [2.75, 3.05) is 0 Å². The largest absolute Gasteiger partial charge is 0.507 e. The van der Waals surface area contributed by atoms with Gasteiger partial charge in [0.1, 0.15) is 11.5 Å². The number of allylic oxidation sites excluding steroid dienone is 2. The summed E-state index contributed by atoms with van der Waals surface area (Å²) in [6.07, 6.45) is 15.4. The molecule has 0 spiro atoms. The highest BCUT2D eigenvalue weighted by molar-refractivity contribution is 6.10. The molecule has 0 amide bonds. The van der Waals surface area contributed by atoms with E-state index in [-0.39, 0.29) is 11.5 Å². The molecule has 3 aromatic rings. The van der Waals surface area contributed by atoms with Crippen molar-refractivity contribution >= 4 is 21.5 Å². The molecule has 0 aliphatic heterocycles. The van der Waals surface area contributed by atoms with Gasteiger partial charge in [-0.3, -0.25) is 0 Å². The van der Waals surface area contributed by atoms with Crippen LogP contribution in [0.3, 0.4) is 0 Å². The number of aromatic hydroxyl groups is 2. The molecule has 3 aromatic carbocycles. The lowest BCUT2D eigenvalue weighted by atomic mass is 9.93. The van der Waals surface area contributed by atoms with Gasteiger partial charge < -0.3 is 10.2 Å². The SMILES string of the molecule is C/C(=C\CCc1ccc2c(O)c3cc(CCCC(C)CCCC(C)C)ccc3c(O)c2c1)CCCC(C)C. The van der Waals surface area contributed by atoms with Crippen LogP contribution in [-0.4, -0.2) is 10.2 Å². The van der Waals surface area contributed by atoms with E-state index in [0.29, 0.717) is 0 Å². The molecule has 2 nitrogen and oxygen atoms in total. The lowest BCUT2D eigenvalue weighted by Gasteiger charge is -2.14. The average molecular weight is 517 g/mol. The number of aryl methyl sites for hydroxylation is 2. The average Bonchev–Trinajstić information content (AvgIpc) is 2.86. The van der Waals surface area contributed by atoms with E-state index < -0.39 is 0 Å². The number of phenols is 2. The molecule has 1 atom stereocenters. The maximum Gasteiger partial charge on any atom is 0.131 e. The third kappa shape index (κ3) is 8.79. The lowest BCUT2D eigenvalue weighted by molar-refractivity contribution is 0.427. The molecule has 0 heterocycles. The van der Waals surface area contributed by atoms with Crippen molar-refractivity contribution in [2.24, 2.45) is 17.8 Å². The third-order valence-electron chi connectivity index (χ3n) is 8.11. The molecule has 0 fully saturated rings. The molecule has 1 unspecified atom stereocenters. The summed E-state index contributed by atoms with van der Waals surface area (Å²) in [4.78, 5) is 0. The van der Waals surface area contributed by atoms with E-state index in [9.17, 15) is 10.2 Å². The van der Waals surface area contributed by atoms with Crippen molar-refractivity contribution in [2.45, 2.75) is 112 Å². The third-order valence-corrected chi connectivity index (χ3v) is 8.11. The van der Waals surface area contributed by atoms with Crippen LogP contribution in [0.5, 0.6) is 11.5 Å². The van der Waals surface area contributed by atoms with Crippen LogP contribution in [-0.2, 0) is 12.8 Å². The van der Waals surface area contributed by atoms with Gasteiger partial charge in [0.15, 0.2) is 0 Å². The van der Waals surface area contributed by atoms with Gasteiger partial charge >= 0.3 is 0 Å². The Morgan fingerprint density at radius 1 is 0.658 bits per heavy atom. The second-order valence-corrected chi connectivity index (χ2v) is 12.7. The number of benzene rings is 3. The van der Waals surface area contributed by atoms with E-state index in [0.717, 1.165) is 65.0 Å². The quantitative estimate of drug-likeness (QED) is 0.120. The van der Waals surface area contributed by atoms with E-state index in [4.69, 9.17) is 0 Å². The Balaban J connectivity index is 1.66. The summed E-state index contributed by atoms with van der Waals surface area (Å²) >= 11 is 0. The zero-order valence-corrected chi connectivity index (χ0v) is 24.9. The second kappa shape index (κ2) is 14.6. The van der Waals surface area contributed by atoms with Crippen molar-refractivity contribution in [3.8, 4) is 11.5 Å². The first-order valence-corrected chi connectivity index (χ1v) is 15.2. The molecule has 2 N–H and O–H groups in total. The van der Waals surface area contributed by atoms with Crippen molar-refractivity contribution in [3.63, 3.8) is 0 Å². The molecule has 38 heavy (non-hydrogen) atoms. The monoisotopic (exact) mass is 516 g/mol. The Bertz CT molecular complexity index is 1200. The highest BCUT2D eigenvalue weighted by Crippen LogP contribution is 2.42. The van der Waals surface area contributed by atoms with Crippen LogP contribution in [0.15, 0.2) is 48.0 Å². The van der Waals surface area contributed by atoms with E-state index in [2.05, 4.69) is 71.9 Å². The zero-order chi connectivity index (χ0) is 27.7. The number of hydrogen-bond donors (Lipinski definition) is 2. The van der Waals surface area contributed by atoms with Crippen LogP contribution in [0.1, 0.15) is 110 Å². The predicted octanol–water partition coefficient (Wildman–Crippen LogP) is 10.9. The summed E-state index contributed by atoms with van der Waals surface area (Å²) in [5.74, 6) is 2.88. The molecule has 2 heteroatoms. The summed E-state index contributed by atoms with van der Waals surface area (Å²) in [5.41, 5.74) is 3.89. The first kappa shape index (κ1) is 30.1. The standard InChI is InChI=1S/C36H52O2/c1-25(2)11-7-13-27(5)15-9-17-29-19-21-31-33(23-29)35(37)32-22-20-30(24-34(32)36(31)38)18-10-16-28(6)14-8-12-26(3)4/h15,19-26,28,37-38H,7-14,16-18H2,1-6H3/b27-15+. The maximum atomic E-state index is 11.2. The smallest absolute Gasteiger partial charge is 0.131 e. The van der Waals surface area contributed by atoms with Crippen molar-refractivity contribution < 1.29 is 10.2 Å². The first-order chi connectivity index (χ1) is 18.2. The van der Waals surface area contributed by atoms with Gasteiger partial charge in [-0.05, 0) is 86.5 Å². The van der Waals surface area contributed by atoms with Gasteiger partial charge in [0.25, 0.3) is 0 Å². The van der Waals surface area contributed by atoms with Crippen LogP contribution in [0.4, 0.5) is 0 Å². The van der Waals surface area contributed by atoms with E-state index in [1.165, 1.54) is 61.6 Å². The summed E-state index contributed by atoms with van der Waals surface area (Å²) in [6.45, 7) is 13.8. The lowest BCUT2D eigenvalue weighted by Crippen LogP contribution is -1.98. The van der Waals surface area contributed by atoms with Gasteiger partial charge in [0.05, 0.1) is 0 Å². The molecule has 208 valence electrons. The van der Waals surface area contributed by atoms with Crippen molar-refractivity contribution in [1.82, 2.24) is 0 Å². The normalized spacial score (nSPS) is 13.3. The minimum absolute atomic E-state index is 0.278. The van der Waals surface area contributed by atoms with Gasteiger partial charge in [0, 0.05) is 21.5 Å². The molecular weight excluding hydrogens is 464 g/mol. The van der Waals surface area contributed by atoms with Crippen LogP contribution >= 0.6 is 0 Å². The van der Waals surface area contributed by atoms with E-state index in [1.54, 1.807) is 0 Å². The molecule has 3 rings (SSSR count). The van der Waals surface area contributed by atoms with Crippen molar-refractivity contribution in [3.05, 3.63) is 59.2 Å². The topological polar surface area (TPSA) is 40.5 Å².